The number of para-hydroxylation sites is 1. The number of methoxy groups -OCH3 is 1. The monoisotopic (exact) mass is 313 g/mol. The van der Waals surface area contributed by atoms with Gasteiger partial charge in [0.05, 0.1) is 7.11 Å². The van der Waals surface area contributed by atoms with Crippen molar-refractivity contribution >= 4 is 0 Å². The summed E-state index contributed by atoms with van der Waals surface area (Å²) >= 11 is 0. The van der Waals surface area contributed by atoms with E-state index in [2.05, 4.69) is 44.3 Å². The summed E-state index contributed by atoms with van der Waals surface area (Å²) in [6, 6.07) is 16.2. The van der Waals surface area contributed by atoms with Crippen LogP contribution in [0.4, 0.5) is 0 Å². The molecular weight excluding hydrogens is 286 g/mol. The molecule has 0 aromatic heterocycles. The third-order valence-corrected chi connectivity index (χ3v) is 4.15. The topological polar surface area (TPSA) is 30.5 Å². The average molecular weight is 313 g/mol. The van der Waals surface area contributed by atoms with E-state index < -0.39 is 0 Å². The fraction of sp³-hybridized carbons (Fsp3) is 0.400. The van der Waals surface area contributed by atoms with E-state index in [1.165, 1.54) is 0 Å². The molecule has 0 aliphatic carbocycles. The molecule has 0 fully saturated rings. The molecule has 0 radical (unpaired) electrons. The molecule has 23 heavy (non-hydrogen) atoms. The summed E-state index contributed by atoms with van der Waals surface area (Å²) in [6.07, 6.45) is 1.07. The zero-order valence-electron chi connectivity index (χ0n) is 14.6. The maximum atomic E-state index is 6.08. The van der Waals surface area contributed by atoms with Gasteiger partial charge in [-0.25, -0.2) is 0 Å². The minimum absolute atomic E-state index is 0.0970. The van der Waals surface area contributed by atoms with Crippen molar-refractivity contribution in [3.8, 4) is 11.5 Å². The van der Waals surface area contributed by atoms with E-state index in [0.717, 1.165) is 35.6 Å². The van der Waals surface area contributed by atoms with E-state index in [4.69, 9.17) is 9.47 Å². The molecule has 0 aliphatic rings. The highest BCUT2D eigenvalue weighted by molar-refractivity contribution is 5.46. The van der Waals surface area contributed by atoms with Crippen molar-refractivity contribution in [2.75, 3.05) is 7.11 Å². The minimum atomic E-state index is 0.0970. The van der Waals surface area contributed by atoms with E-state index in [9.17, 15) is 0 Å². The Bertz CT molecular complexity index is 608. The number of ether oxygens (including phenoxy) is 2. The van der Waals surface area contributed by atoms with Crippen molar-refractivity contribution in [2.45, 2.75) is 45.9 Å². The predicted molar refractivity (Wildman–Crippen MR) is 95.0 cm³/mol. The molecule has 0 bridgehead atoms. The Labute approximate surface area is 139 Å². The van der Waals surface area contributed by atoms with Gasteiger partial charge in [-0.2, -0.15) is 0 Å². The maximum Gasteiger partial charge on any atom is 0.166 e. The predicted octanol–water partition coefficient (Wildman–Crippen LogP) is 4.55. The molecule has 1 N–H and O–H groups in total. The highest BCUT2D eigenvalue weighted by atomic mass is 16.5. The summed E-state index contributed by atoms with van der Waals surface area (Å²) in [7, 11) is 1.68. The van der Waals surface area contributed by atoms with Gasteiger partial charge in [0.25, 0.3) is 0 Å². The van der Waals surface area contributed by atoms with Crippen molar-refractivity contribution < 1.29 is 9.47 Å². The largest absolute Gasteiger partial charge is 0.493 e. The van der Waals surface area contributed by atoms with E-state index in [1.54, 1.807) is 7.11 Å². The number of benzene rings is 2. The highest BCUT2D eigenvalue weighted by Gasteiger charge is 2.16. The number of nitrogens with one attached hydrogen (secondary N) is 1. The standard InChI is InChI=1S/C20H27NO2/c1-5-20(2,3)21-14-17-12-9-13-18(22-4)19(17)23-15-16-10-7-6-8-11-16/h6-13,21H,5,14-15H2,1-4H3. The van der Waals surface area contributed by atoms with Crippen molar-refractivity contribution in [1.82, 2.24) is 5.32 Å². The van der Waals surface area contributed by atoms with Crippen LogP contribution >= 0.6 is 0 Å². The quantitative estimate of drug-likeness (QED) is 0.775. The molecule has 2 rings (SSSR count). The Kier molecular flexibility index (Phi) is 6.05. The van der Waals surface area contributed by atoms with Gasteiger partial charge in [0.15, 0.2) is 11.5 Å². The van der Waals surface area contributed by atoms with E-state index >= 15 is 0 Å². The van der Waals surface area contributed by atoms with Crippen molar-refractivity contribution in [1.29, 1.82) is 0 Å². The Balaban J connectivity index is 2.15. The second kappa shape index (κ2) is 8.02. The number of rotatable bonds is 8. The van der Waals surface area contributed by atoms with Crippen LogP contribution in [0, 0.1) is 0 Å². The summed E-state index contributed by atoms with van der Waals surface area (Å²) in [5.74, 6) is 1.59. The van der Waals surface area contributed by atoms with Crippen LogP contribution in [0.1, 0.15) is 38.3 Å². The summed E-state index contributed by atoms with van der Waals surface area (Å²) in [5, 5.41) is 3.58. The molecule has 0 atom stereocenters. The van der Waals surface area contributed by atoms with Crippen LogP contribution < -0.4 is 14.8 Å². The summed E-state index contributed by atoms with van der Waals surface area (Å²) in [5.41, 5.74) is 2.35. The van der Waals surface area contributed by atoms with Gasteiger partial charge in [-0.3, -0.25) is 0 Å². The first kappa shape index (κ1) is 17.4. The molecular formula is C20H27NO2. The van der Waals surface area contributed by atoms with Gasteiger partial charge >= 0.3 is 0 Å². The van der Waals surface area contributed by atoms with Crippen LogP contribution in [0.2, 0.25) is 0 Å². The summed E-state index contributed by atoms with van der Waals surface area (Å²) in [4.78, 5) is 0. The fourth-order valence-electron chi connectivity index (χ4n) is 2.21. The zero-order chi connectivity index (χ0) is 16.7. The van der Waals surface area contributed by atoms with Crippen LogP contribution in [0.3, 0.4) is 0 Å². The number of hydrogen-bond donors (Lipinski definition) is 1. The molecule has 0 amide bonds. The lowest BCUT2D eigenvalue weighted by molar-refractivity contribution is 0.278. The van der Waals surface area contributed by atoms with Gasteiger partial charge in [-0.15, -0.1) is 0 Å². The van der Waals surface area contributed by atoms with E-state index in [-0.39, 0.29) is 5.54 Å². The molecule has 0 aliphatic heterocycles. The molecule has 0 unspecified atom stereocenters. The van der Waals surface area contributed by atoms with Crippen LogP contribution in [0.25, 0.3) is 0 Å². The Morgan fingerprint density at radius 1 is 1.00 bits per heavy atom. The van der Waals surface area contributed by atoms with Gasteiger partial charge in [0.2, 0.25) is 0 Å². The third kappa shape index (κ3) is 5.00. The highest BCUT2D eigenvalue weighted by Crippen LogP contribution is 2.32. The number of hydrogen-bond acceptors (Lipinski definition) is 3. The zero-order valence-corrected chi connectivity index (χ0v) is 14.6. The van der Waals surface area contributed by atoms with E-state index in [1.807, 2.05) is 30.3 Å². The molecule has 3 nitrogen and oxygen atoms in total. The van der Waals surface area contributed by atoms with Crippen molar-refractivity contribution in [2.24, 2.45) is 0 Å². The van der Waals surface area contributed by atoms with Gasteiger partial charge in [0.1, 0.15) is 6.61 Å². The van der Waals surface area contributed by atoms with Crippen LogP contribution in [0.5, 0.6) is 11.5 Å². The minimum Gasteiger partial charge on any atom is -0.493 e. The average Bonchev–Trinajstić information content (AvgIpc) is 2.59. The first-order chi connectivity index (χ1) is 11.1. The summed E-state index contributed by atoms with van der Waals surface area (Å²) < 4.78 is 11.6. The van der Waals surface area contributed by atoms with E-state index in [0.29, 0.717) is 6.61 Å². The normalized spacial score (nSPS) is 11.3. The third-order valence-electron chi connectivity index (χ3n) is 4.15. The first-order valence-electron chi connectivity index (χ1n) is 8.13. The van der Waals surface area contributed by atoms with Gasteiger partial charge in [-0.1, -0.05) is 49.4 Å². The molecule has 0 saturated heterocycles. The second-order valence-corrected chi connectivity index (χ2v) is 6.31. The SMILES string of the molecule is CCC(C)(C)NCc1cccc(OC)c1OCc1ccccc1. The smallest absolute Gasteiger partial charge is 0.166 e. The van der Waals surface area contributed by atoms with Crippen LogP contribution in [-0.4, -0.2) is 12.6 Å². The lowest BCUT2D eigenvalue weighted by atomic mass is 10.0. The molecule has 2 aromatic rings. The maximum absolute atomic E-state index is 6.08. The van der Waals surface area contributed by atoms with Crippen LogP contribution in [0.15, 0.2) is 48.5 Å². The molecule has 3 heteroatoms. The Morgan fingerprint density at radius 3 is 2.39 bits per heavy atom. The van der Waals surface area contributed by atoms with Gasteiger partial charge < -0.3 is 14.8 Å². The molecule has 124 valence electrons. The summed E-state index contributed by atoms with van der Waals surface area (Å²) in [6.45, 7) is 7.88. The van der Waals surface area contributed by atoms with Gasteiger partial charge in [0, 0.05) is 17.6 Å². The van der Waals surface area contributed by atoms with Gasteiger partial charge in [-0.05, 0) is 31.9 Å². The molecule has 0 saturated carbocycles. The Hall–Kier alpha value is -2.00. The molecule has 0 spiro atoms. The van der Waals surface area contributed by atoms with Crippen LogP contribution in [-0.2, 0) is 13.2 Å². The first-order valence-corrected chi connectivity index (χ1v) is 8.13. The molecule has 0 heterocycles. The lowest BCUT2D eigenvalue weighted by Crippen LogP contribution is -2.37. The fourth-order valence-corrected chi connectivity index (χ4v) is 2.21. The molecule has 2 aromatic carbocycles. The second-order valence-electron chi connectivity index (χ2n) is 6.31. The van der Waals surface area contributed by atoms with Crippen molar-refractivity contribution in [3.05, 3.63) is 59.7 Å². The van der Waals surface area contributed by atoms with Crippen molar-refractivity contribution in [3.63, 3.8) is 0 Å². The Morgan fingerprint density at radius 2 is 1.74 bits per heavy atom. The lowest BCUT2D eigenvalue weighted by Gasteiger charge is -2.25.